The van der Waals surface area contributed by atoms with Crippen LogP contribution in [-0.4, -0.2) is 37.6 Å². The van der Waals surface area contributed by atoms with E-state index in [1.165, 1.54) is 7.11 Å². The van der Waals surface area contributed by atoms with Crippen LogP contribution in [0.1, 0.15) is 12.0 Å². The summed E-state index contributed by atoms with van der Waals surface area (Å²) in [6.45, 7) is 0.941. The molecule has 0 saturated carbocycles. The Morgan fingerprint density at radius 3 is 2.83 bits per heavy atom. The average Bonchev–Trinajstić information content (AvgIpc) is 2.39. The van der Waals surface area contributed by atoms with Crippen molar-refractivity contribution in [3.8, 4) is 0 Å². The predicted octanol–water partition coefficient (Wildman–Crippen LogP) is 1.62. The molecule has 96 valence electrons. The molecule has 2 rings (SSSR count). The molecule has 0 N–H and O–H groups in total. The summed E-state index contributed by atoms with van der Waals surface area (Å²) in [6, 6.07) is 7.64. The highest BCUT2D eigenvalue weighted by Crippen LogP contribution is 2.27. The number of ether oxygens (including phenoxy) is 1. The first kappa shape index (κ1) is 12.4. The third-order valence-corrected chi connectivity index (χ3v) is 3.01. The molecule has 1 aromatic carbocycles. The third-order valence-electron chi connectivity index (χ3n) is 3.01. The van der Waals surface area contributed by atoms with Gasteiger partial charge in [0.2, 0.25) is 0 Å². The topological polar surface area (TPSA) is 49.9 Å². The van der Waals surface area contributed by atoms with Gasteiger partial charge in [0.15, 0.2) is 0 Å². The molecule has 0 spiro atoms. The maximum Gasteiger partial charge on any atom is 0.324 e. The molecule has 18 heavy (non-hydrogen) atoms. The van der Waals surface area contributed by atoms with Crippen molar-refractivity contribution in [2.75, 3.05) is 25.6 Å². The summed E-state index contributed by atoms with van der Waals surface area (Å²) in [7, 11) is 3.10. The van der Waals surface area contributed by atoms with Crippen LogP contribution in [-0.2, 0) is 16.1 Å². The van der Waals surface area contributed by atoms with E-state index < -0.39 is 0 Å². The number of para-hydroxylation sites is 1. The van der Waals surface area contributed by atoms with Crippen LogP contribution in [0.5, 0.6) is 0 Å². The SMILES string of the molecule is COC(=O)CCN1C(=O)N(C)Cc2ccccc21. The molecule has 2 amide bonds. The van der Waals surface area contributed by atoms with Crippen LogP contribution in [0.3, 0.4) is 0 Å². The standard InChI is InChI=1S/C13H16N2O3/c1-14-9-10-5-3-4-6-11(10)15(13(14)17)8-7-12(16)18-2/h3-6H,7-9H2,1-2H3. The summed E-state index contributed by atoms with van der Waals surface area (Å²) in [5, 5.41) is 0. The molecule has 0 unspecified atom stereocenters. The smallest absolute Gasteiger partial charge is 0.324 e. The van der Waals surface area contributed by atoms with Crippen LogP contribution in [0.15, 0.2) is 24.3 Å². The molecule has 1 aliphatic rings. The van der Waals surface area contributed by atoms with E-state index in [4.69, 9.17) is 0 Å². The Bertz CT molecular complexity index is 473. The van der Waals surface area contributed by atoms with Crippen LogP contribution in [0.25, 0.3) is 0 Å². The molecule has 0 atom stereocenters. The second-order valence-corrected chi connectivity index (χ2v) is 4.25. The number of hydrogen-bond donors (Lipinski definition) is 0. The summed E-state index contributed by atoms with van der Waals surface area (Å²) < 4.78 is 4.60. The van der Waals surface area contributed by atoms with Gasteiger partial charge in [-0.1, -0.05) is 18.2 Å². The molecule has 0 fully saturated rings. The summed E-state index contributed by atoms with van der Waals surface area (Å²) in [5.41, 5.74) is 1.97. The van der Waals surface area contributed by atoms with Crippen molar-refractivity contribution in [1.82, 2.24) is 4.90 Å². The van der Waals surface area contributed by atoms with Gasteiger partial charge in [0, 0.05) is 20.1 Å². The zero-order valence-electron chi connectivity index (χ0n) is 10.5. The fourth-order valence-electron chi connectivity index (χ4n) is 2.06. The molecule has 0 bridgehead atoms. The van der Waals surface area contributed by atoms with Gasteiger partial charge in [-0.15, -0.1) is 0 Å². The minimum atomic E-state index is -0.312. The van der Waals surface area contributed by atoms with Crippen molar-refractivity contribution < 1.29 is 14.3 Å². The zero-order valence-corrected chi connectivity index (χ0v) is 10.5. The van der Waals surface area contributed by atoms with E-state index in [0.717, 1.165) is 11.3 Å². The highest BCUT2D eigenvalue weighted by molar-refractivity contribution is 5.95. The first-order chi connectivity index (χ1) is 8.63. The minimum absolute atomic E-state index is 0.0856. The highest BCUT2D eigenvalue weighted by Gasteiger charge is 2.27. The molecule has 0 aromatic heterocycles. The van der Waals surface area contributed by atoms with E-state index in [9.17, 15) is 9.59 Å². The first-order valence-electron chi connectivity index (χ1n) is 5.81. The van der Waals surface area contributed by atoms with Crippen LogP contribution in [0, 0.1) is 0 Å². The Kier molecular flexibility index (Phi) is 3.50. The maximum absolute atomic E-state index is 12.1. The first-order valence-corrected chi connectivity index (χ1v) is 5.81. The van der Waals surface area contributed by atoms with Crippen LogP contribution in [0.4, 0.5) is 10.5 Å². The number of esters is 1. The summed E-state index contributed by atoms with van der Waals surface area (Å²) in [6.07, 6.45) is 0.199. The lowest BCUT2D eigenvalue weighted by Gasteiger charge is -2.34. The molecular weight excluding hydrogens is 232 g/mol. The fourth-order valence-corrected chi connectivity index (χ4v) is 2.06. The Morgan fingerprint density at radius 1 is 1.39 bits per heavy atom. The van der Waals surface area contributed by atoms with E-state index in [0.29, 0.717) is 13.1 Å². The lowest BCUT2D eigenvalue weighted by Crippen LogP contribution is -2.46. The van der Waals surface area contributed by atoms with E-state index in [1.807, 2.05) is 24.3 Å². The maximum atomic E-state index is 12.1. The van der Waals surface area contributed by atoms with Gasteiger partial charge in [-0.25, -0.2) is 4.79 Å². The van der Waals surface area contributed by atoms with Gasteiger partial charge >= 0.3 is 12.0 Å². The van der Waals surface area contributed by atoms with Crippen molar-refractivity contribution in [3.63, 3.8) is 0 Å². The Labute approximate surface area is 106 Å². The second kappa shape index (κ2) is 5.08. The normalized spacial score (nSPS) is 14.4. The number of hydrogen-bond acceptors (Lipinski definition) is 3. The number of rotatable bonds is 3. The summed E-state index contributed by atoms with van der Waals surface area (Å²) in [4.78, 5) is 26.5. The van der Waals surface area contributed by atoms with Crippen molar-refractivity contribution in [2.45, 2.75) is 13.0 Å². The number of fused-ring (bicyclic) bond motifs is 1. The van der Waals surface area contributed by atoms with Gasteiger partial charge in [0.1, 0.15) is 0 Å². The van der Waals surface area contributed by atoms with Crippen molar-refractivity contribution >= 4 is 17.7 Å². The molecule has 0 aliphatic carbocycles. The quantitative estimate of drug-likeness (QED) is 0.764. The highest BCUT2D eigenvalue weighted by atomic mass is 16.5. The number of methoxy groups -OCH3 is 1. The molecule has 5 nitrogen and oxygen atoms in total. The van der Waals surface area contributed by atoms with Gasteiger partial charge in [-0.3, -0.25) is 9.69 Å². The average molecular weight is 248 g/mol. The lowest BCUT2D eigenvalue weighted by molar-refractivity contribution is -0.140. The van der Waals surface area contributed by atoms with Gasteiger partial charge in [-0.05, 0) is 11.6 Å². The number of nitrogens with zero attached hydrogens (tertiary/aromatic N) is 2. The number of benzene rings is 1. The second-order valence-electron chi connectivity index (χ2n) is 4.25. The monoisotopic (exact) mass is 248 g/mol. The zero-order chi connectivity index (χ0) is 13.1. The van der Waals surface area contributed by atoms with Crippen LogP contribution >= 0.6 is 0 Å². The number of amides is 2. The molecule has 5 heteroatoms. The van der Waals surface area contributed by atoms with Gasteiger partial charge < -0.3 is 9.64 Å². The molecule has 1 heterocycles. The van der Waals surface area contributed by atoms with Gasteiger partial charge in [0.05, 0.1) is 19.2 Å². The fraction of sp³-hybridized carbons (Fsp3) is 0.385. The summed E-state index contributed by atoms with van der Waals surface area (Å²) >= 11 is 0. The number of carbonyl (C=O) groups is 2. The molecule has 0 saturated heterocycles. The Hall–Kier alpha value is -2.04. The van der Waals surface area contributed by atoms with E-state index in [1.54, 1.807) is 16.8 Å². The van der Waals surface area contributed by atoms with Crippen molar-refractivity contribution in [2.24, 2.45) is 0 Å². The van der Waals surface area contributed by atoms with E-state index in [2.05, 4.69) is 4.74 Å². The minimum Gasteiger partial charge on any atom is -0.469 e. The van der Waals surface area contributed by atoms with E-state index in [-0.39, 0.29) is 18.4 Å². The van der Waals surface area contributed by atoms with E-state index >= 15 is 0 Å². The van der Waals surface area contributed by atoms with Gasteiger partial charge in [0.25, 0.3) is 0 Å². The predicted molar refractivity (Wildman–Crippen MR) is 67.3 cm³/mol. The largest absolute Gasteiger partial charge is 0.469 e. The Balaban J connectivity index is 2.22. The van der Waals surface area contributed by atoms with Crippen LogP contribution < -0.4 is 4.90 Å². The lowest BCUT2D eigenvalue weighted by atomic mass is 10.1. The van der Waals surface area contributed by atoms with Crippen molar-refractivity contribution in [1.29, 1.82) is 0 Å². The molecular formula is C13H16N2O3. The van der Waals surface area contributed by atoms with Gasteiger partial charge in [-0.2, -0.15) is 0 Å². The molecule has 1 aliphatic heterocycles. The van der Waals surface area contributed by atoms with Crippen molar-refractivity contribution in [3.05, 3.63) is 29.8 Å². The molecule has 1 aromatic rings. The summed E-state index contributed by atoms with van der Waals surface area (Å²) in [5.74, 6) is -0.312. The van der Waals surface area contributed by atoms with Crippen LogP contribution in [0.2, 0.25) is 0 Å². The number of urea groups is 1. The Morgan fingerprint density at radius 2 is 2.11 bits per heavy atom. The number of carbonyl (C=O) groups excluding carboxylic acids is 2. The third kappa shape index (κ3) is 2.30. The number of anilines is 1. The molecule has 0 radical (unpaired) electrons.